The summed E-state index contributed by atoms with van der Waals surface area (Å²) in [5.74, 6) is -0.843. The molecule has 1 atom stereocenters. The summed E-state index contributed by atoms with van der Waals surface area (Å²) >= 11 is 0. The second-order valence-corrected chi connectivity index (χ2v) is 4.43. The summed E-state index contributed by atoms with van der Waals surface area (Å²) in [6.07, 6.45) is 0. The molecule has 2 N–H and O–H groups in total. The van der Waals surface area contributed by atoms with E-state index in [0.29, 0.717) is 39.4 Å². The van der Waals surface area contributed by atoms with Gasteiger partial charge in [0.15, 0.2) is 0 Å². The van der Waals surface area contributed by atoms with E-state index in [1.165, 1.54) is 0 Å². The molecular weight excluding hydrogens is 236 g/mol. The Morgan fingerprint density at radius 1 is 1.28 bits per heavy atom. The summed E-state index contributed by atoms with van der Waals surface area (Å²) in [6, 6.07) is 0. The standard InChI is InChI=1S/C12H26N2O4/c1-5-13-12(2,11(15)16)10-14(6-8-17-3)7-9-18-4/h13H,5-10H2,1-4H3,(H,15,16). The Hall–Kier alpha value is -0.690. The maximum atomic E-state index is 11.3. The molecular formula is C12H26N2O4. The third-order valence-corrected chi connectivity index (χ3v) is 2.80. The molecule has 18 heavy (non-hydrogen) atoms. The number of carboxylic acid groups (broad SMARTS) is 1. The maximum Gasteiger partial charge on any atom is 0.324 e. The lowest BCUT2D eigenvalue weighted by Crippen LogP contribution is -2.57. The van der Waals surface area contributed by atoms with Gasteiger partial charge in [0.2, 0.25) is 0 Å². The van der Waals surface area contributed by atoms with Crippen LogP contribution in [0.2, 0.25) is 0 Å². The van der Waals surface area contributed by atoms with Gasteiger partial charge in [-0.15, -0.1) is 0 Å². The number of carboxylic acids is 1. The van der Waals surface area contributed by atoms with Crippen LogP contribution in [0.25, 0.3) is 0 Å². The van der Waals surface area contributed by atoms with Crippen LogP contribution in [-0.2, 0) is 14.3 Å². The van der Waals surface area contributed by atoms with Gasteiger partial charge >= 0.3 is 5.97 Å². The van der Waals surface area contributed by atoms with Crippen LogP contribution in [-0.4, -0.2) is 75.1 Å². The van der Waals surface area contributed by atoms with Crippen LogP contribution in [0.4, 0.5) is 0 Å². The van der Waals surface area contributed by atoms with Gasteiger partial charge in [0.05, 0.1) is 13.2 Å². The number of hydrogen-bond acceptors (Lipinski definition) is 5. The summed E-state index contributed by atoms with van der Waals surface area (Å²) in [5.41, 5.74) is -0.948. The van der Waals surface area contributed by atoms with Gasteiger partial charge in [0.1, 0.15) is 5.54 Å². The topological polar surface area (TPSA) is 71.0 Å². The van der Waals surface area contributed by atoms with Gasteiger partial charge in [-0.1, -0.05) is 6.92 Å². The zero-order valence-electron chi connectivity index (χ0n) is 11.9. The maximum absolute atomic E-state index is 11.3. The summed E-state index contributed by atoms with van der Waals surface area (Å²) < 4.78 is 10.1. The summed E-state index contributed by atoms with van der Waals surface area (Å²) in [5, 5.41) is 12.3. The third-order valence-electron chi connectivity index (χ3n) is 2.80. The minimum atomic E-state index is -0.948. The first kappa shape index (κ1) is 17.3. The molecule has 0 aliphatic rings. The van der Waals surface area contributed by atoms with Crippen molar-refractivity contribution in [1.29, 1.82) is 0 Å². The zero-order valence-corrected chi connectivity index (χ0v) is 11.9. The highest BCUT2D eigenvalue weighted by atomic mass is 16.5. The first-order valence-corrected chi connectivity index (χ1v) is 6.18. The Bertz CT molecular complexity index is 230. The minimum absolute atomic E-state index is 0.420. The molecule has 0 aromatic heterocycles. The van der Waals surface area contributed by atoms with Crippen molar-refractivity contribution in [1.82, 2.24) is 10.2 Å². The number of aliphatic carboxylic acids is 1. The molecule has 0 amide bonds. The number of carbonyl (C=O) groups is 1. The predicted molar refractivity (Wildman–Crippen MR) is 69.9 cm³/mol. The SMILES string of the molecule is CCNC(C)(CN(CCOC)CCOC)C(=O)O. The highest BCUT2D eigenvalue weighted by Gasteiger charge is 2.33. The minimum Gasteiger partial charge on any atom is -0.480 e. The van der Waals surface area contributed by atoms with Gasteiger partial charge in [0, 0.05) is 33.9 Å². The van der Waals surface area contributed by atoms with E-state index < -0.39 is 11.5 Å². The smallest absolute Gasteiger partial charge is 0.324 e. The van der Waals surface area contributed by atoms with Gasteiger partial charge in [-0.3, -0.25) is 9.69 Å². The van der Waals surface area contributed by atoms with Crippen LogP contribution in [0.3, 0.4) is 0 Å². The molecule has 0 aliphatic carbocycles. The molecule has 0 radical (unpaired) electrons. The average Bonchev–Trinajstić information content (AvgIpc) is 2.32. The molecule has 0 saturated heterocycles. The summed E-state index contributed by atoms with van der Waals surface area (Å²) in [7, 11) is 3.27. The van der Waals surface area contributed by atoms with Gasteiger partial charge in [-0.05, 0) is 13.5 Å². The molecule has 0 aliphatic heterocycles. The molecule has 0 heterocycles. The number of rotatable bonds is 11. The first-order valence-electron chi connectivity index (χ1n) is 6.18. The van der Waals surface area contributed by atoms with Crippen LogP contribution in [0.5, 0.6) is 0 Å². The monoisotopic (exact) mass is 262 g/mol. The predicted octanol–water partition coefficient (Wildman–Crippen LogP) is 0.0340. The van der Waals surface area contributed by atoms with Crippen LogP contribution in [0.15, 0.2) is 0 Å². The lowest BCUT2D eigenvalue weighted by Gasteiger charge is -2.32. The number of nitrogens with one attached hydrogen (secondary N) is 1. The molecule has 6 nitrogen and oxygen atoms in total. The van der Waals surface area contributed by atoms with E-state index in [2.05, 4.69) is 5.32 Å². The van der Waals surface area contributed by atoms with Crippen molar-refractivity contribution in [3.63, 3.8) is 0 Å². The number of methoxy groups -OCH3 is 2. The second-order valence-electron chi connectivity index (χ2n) is 4.43. The number of ether oxygens (including phenoxy) is 2. The van der Waals surface area contributed by atoms with E-state index in [1.807, 2.05) is 11.8 Å². The lowest BCUT2D eigenvalue weighted by molar-refractivity contribution is -0.145. The Balaban J connectivity index is 4.52. The van der Waals surface area contributed by atoms with Gasteiger partial charge in [0.25, 0.3) is 0 Å². The van der Waals surface area contributed by atoms with Crippen molar-refractivity contribution in [2.45, 2.75) is 19.4 Å². The van der Waals surface area contributed by atoms with Crippen molar-refractivity contribution < 1.29 is 19.4 Å². The van der Waals surface area contributed by atoms with Crippen LogP contribution >= 0.6 is 0 Å². The molecule has 108 valence electrons. The molecule has 0 fully saturated rings. The fourth-order valence-electron chi connectivity index (χ4n) is 1.75. The zero-order chi connectivity index (χ0) is 14.0. The Kier molecular flexibility index (Phi) is 8.91. The van der Waals surface area contributed by atoms with E-state index in [4.69, 9.17) is 9.47 Å². The van der Waals surface area contributed by atoms with Crippen molar-refractivity contribution in [3.05, 3.63) is 0 Å². The Morgan fingerprint density at radius 2 is 1.78 bits per heavy atom. The average molecular weight is 262 g/mol. The quantitative estimate of drug-likeness (QED) is 0.547. The molecule has 1 unspecified atom stereocenters. The van der Waals surface area contributed by atoms with E-state index in [0.717, 1.165) is 0 Å². The van der Waals surface area contributed by atoms with Crippen molar-refractivity contribution in [2.24, 2.45) is 0 Å². The van der Waals surface area contributed by atoms with Crippen molar-refractivity contribution >= 4 is 5.97 Å². The van der Waals surface area contributed by atoms with Crippen LogP contribution in [0.1, 0.15) is 13.8 Å². The van der Waals surface area contributed by atoms with Gasteiger partial charge in [-0.25, -0.2) is 0 Å². The van der Waals surface area contributed by atoms with Crippen LogP contribution in [0, 0.1) is 0 Å². The van der Waals surface area contributed by atoms with E-state index in [9.17, 15) is 9.90 Å². The van der Waals surface area contributed by atoms with E-state index in [-0.39, 0.29) is 0 Å². The third kappa shape index (κ3) is 6.30. The van der Waals surface area contributed by atoms with Crippen molar-refractivity contribution in [2.75, 3.05) is 53.6 Å². The normalized spacial score (nSPS) is 14.7. The van der Waals surface area contributed by atoms with E-state index >= 15 is 0 Å². The van der Waals surface area contributed by atoms with Gasteiger partial charge in [-0.2, -0.15) is 0 Å². The summed E-state index contributed by atoms with van der Waals surface area (Å²) in [4.78, 5) is 13.4. The Labute approximate surface area is 109 Å². The molecule has 6 heteroatoms. The lowest BCUT2D eigenvalue weighted by atomic mass is 10.0. The number of nitrogens with zero attached hydrogens (tertiary/aromatic N) is 1. The van der Waals surface area contributed by atoms with E-state index in [1.54, 1.807) is 21.1 Å². The Morgan fingerprint density at radius 3 is 2.11 bits per heavy atom. The fraction of sp³-hybridized carbons (Fsp3) is 0.917. The molecule has 0 rings (SSSR count). The number of likely N-dealkylation sites (N-methyl/N-ethyl adjacent to an activating group) is 1. The highest BCUT2D eigenvalue weighted by Crippen LogP contribution is 2.07. The largest absolute Gasteiger partial charge is 0.480 e. The molecule has 0 aromatic rings. The molecule has 0 saturated carbocycles. The van der Waals surface area contributed by atoms with Crippen LogP contribution < -0.4 is 5.32 Å². The highest BCUT2D eigenvalue weighted by molar-refractivity contribution is 5.78. The molecule has 0 bridgehead atoms. The molecule has 0 aromatic carbocycles. The van der Waals surface area contributed by atoms with Gasteiger partial charge < -0.3 is 19.9 Å². The summed E-state index contributed by atoms with van der Waals surface area (Å²) in [6.45, 7) is 7.16. The number of hydrogen-bond donors (Lipinski definition) is 2. The van der Waals surface area contributed by atoms with Crippen molar-refractivity contribution in [3.8, 4) is 0 Å². The molecule has 0 spiro atoms. The fourth-order valence-corrected chi connectivity index (χ4v) is 1.75. The first-order chi connectivity index (χ1) is 8.50. The second kappa shape index (κ2) is 9.27.